The maximum absolute atomic E-state index is 5.89. The first-order chi connectivity index (χ1) is 12.5. The van der Waals surface area contributed by atoms with Gasteiger partial charge in [0, 0.05) is 50.6 Å². The summed E-state index contributed by atoms with van der Waals surface area (Å²) >= 11 is 0. The first-order valence-electron chi connectivity index (χ1n) is 9.95. The SMILES string of the molecule is CCO[Si](C)(CCCSSCCC[Si](OCC)(OCC)OCC)OCC. The van der Waals surface area contributed by atoms with Crippen molar-refractivity contribution in [2.75, 3.05) is 44.5 Å². The molecule has 0 aromatic carbocycles. The second kappa shape index (κ2) is 16.8. The Bertz CT molecular complexity index is 305. The lowest BCUT2D eigenvalue weighted by Crippen LogP contribution is -2.46. The Kier molecular flexibility index (Phi) is 17.5. The summed E-state index contributed by atoms with van der Waals surface area (Å²) in [4.78, 5) is 0. The first kappa shape index (κ1) is 26.9. The summed E-state index contributed by atoms with van der Waals surface area (Å²) in [6, 6.07) is 1.97. The van der Waals surface area contributed by atoms with Crippen molar-refractivity contribution in [3.8, 4) is 0 Å². The van der Waals surface area contributed by atoms with Crippen LogP contribution < -0.4 is 0 Å². The molecule has 0 saturated carbocycles. The van der Waals surface area contributed by atoms with Crippen LogP contribution in [-0.2, 0) is 22.1 Å². The Balaban J connectivity index is 3.96. The van der Waals surface area contributed by atoms with Crippen LogP contribution in [0.3, 0.4) is 0 Å². The normalized spacial score (nSPS) is 12.7. The number of rotatable bonds is 19. The van der Waals surface area contributed by atoms with Gasteiger partial charge in [-0.3, -0.25) is 0 Å². The molecule has 9 heteroatoms. The smallest absolute Gasteiger partial charge is 0.395 e. The summed E-state index contributed by atoms with van der Waals surface area (Å²) in [5.41, 5.74) is 0. The molecule has 0 aliphatic carbocycles. The van der Waals surface area contributed by atoms with Crippen LogP contribution in [0.2, 0.25) is 18.6 Å². The highest BCUT2D eigenvalue weighted by atomic mass is 33.1. The van der Waals surface area contributed by atoms with Crippen molar-refractivity contribution >= 4 is 39.0 Å². The van der Waals surface area contributed by atoms with Gasteiger partial charge in [0.05, 0.1) is 0 Å². The summed E-state index contributed by atoms with van der Waals surface area (Å²) < 4.78 is 29.5. The van der Waals surface area contributed by atoms with Gasteiger partial charge < -0.3 is 22.1 Å². The van der Waals surface area contributed by atoms with Gasteiger partial charge in [-0.2, -0.15) is 0 Å². The molecule has 0 aliphatic heterocycles. The van der Waals surface area contributed by atoms with Crippen LogP contribution in [0.5, 0.6) is 0 Å². The van der Waals surface area contributed by atoms with Gasteiger partial charge in [-0.15, -0.1) is 0 Å². The number of hydrogen-bond acceptors (Lipinski definition) is 7. The van der Waals surface area contributed by atoms with Crippen molar-refractivity contribution in [2.45, 2.75) is 66.1 Å². The van der Waals surface area contributed by atoms with E-state index in [2.05, 4.69) is 6.55 Å². The molecule has 0 bridgehead atoms. The summed E-state index contributed by atoms with van der Waals surface area (Å²) in [7, 11) is -0.535. The van der Waals surface area contributed by atoms with E-state index < -0.39 is 17.4 Å². The molecule has 0 atom stereocenters. The van der Waals surface area contributed by atoms with E-state index in [1.165, 1.54) is 0 Å². The molecule has 158 valence electrons. The Morgan fingerprint density at radius 1 is 0.577 bits per heavy atom. The van der Waals surface area contributed by atoms with Crippen LogP contribution in [0.4, 0.5) is 0 Å². The van der Waals surface area contributed by atoms with Gasteiger partial charge in [0.1, 0.15) is 0 Å². The van der Waals surface area contributed by atoms with Crippen LogP contribution in [0.15, 0.2) is 0 Å². The van der Waals surface area contributed by atoms with Crippen molar-refractivity contribution < 1.29 is 22.1 Å². The summed E-state index contributed by atoms with van der Waals surface area (Å²) in [6.07, 6.45) is 2.21. The molecule has 0 heterocycles. The zero-order valence-electron chi connectivity index (χ0n) is 17.6. The average molecular weight is 445 g/mol. The predicted octanol–water partition coefficient (Wildman–Crippen LogP) is 5.34. The second-order valence-corrected chi connectivity index (χ2v) is 14.6. The molecule has 0 radical (unpaired) electrons. The van der Waals surface area contributed by atoms with E-state index in [0.29, 0.717) is 19.8 Å². The third-order valence-electron chi connectivity index (χ3n) is 3.64. The van der Waals surface area contributed by atoms with E-state index in [1.54, 1.807) is 0 Å². The highest BCUT2D eigenvalue weighted by Crippen LogP contribution is 2.28. The molecule has 5 nitrogen and oxygen atoms in total. The molecule has 0 aromatic rings. The minimum atomic E-state index is -2.46. The van der Waals surface area contributed by atoms with Crippen LogP contribution in [0.1, 0.15) is 47.5 Å². The van der Waals surface area contributed by atoms with Crippen LogP contribution in [0.25, 0.3) is 0 Å². The third kappa shape index (κ3) is 12.4. The van der Waals surface area contributed by atoms with Gasteiger partial charge in [-0.05, 0) is 60.1 Å². The van der Waals surface area contributed by atoms with Crippen molar-refractivity contribution in [1.82, 2.24) is 0 Å². The molecule has 0 aliphatic rings. The maximum atomic E-state index is 5.89. The van der Waals surface area contributed by atoms with Gasteiger partial charge in [-0.25, -0.2) is 0 Å². The van der Waals surface area contributed by atoms with Crippen LogP contribution in [-0.4, -0.2) is 61.9 Å². The Hall–Kier alpha value is 0.934. The zero-order valence-corrected chi connectivity index (χ0v) is 21.3. The molecule has 0 spiro atoms. The Labute approximate surface area is 171 Å². The van der Waals surface area contributed by atoms with Crippen LogP contribution >= 0.6 is 21.6 Å². The Morgan fingerprint density at radius 2 is 0.962 bits per heavy atom. The first-order valence-corrected chi connectivity index (χ1v) is 16.9. The van der Waals surface area contributed by atoms with Gasteiger partial charge >= 0.3 is 17.4 Å². The minimum Gasteiger partial charge on any atom is -0.395 e. The molecule has 0 N–H and O–H groups in total. The average Bonchev–Trinajstić information content (AvgIpc) is 2.58. The van der Waals surface area contributed by atoms with Crippen molar-refractivity contribution in [3.05, 3.63) is 0 Å². The van der Waals surface area contributed by atoms with Gasteiger partial charge in [0.25, 0.3) is 0 Å². The summed E-state index contributed by atoms with van der Waals surface area (Å²) in [5.74, 6) is 2.23. The van der Waals surface area contributed by atoms with E-state index in [-0.39, 0.29) is 0 Å². The van der Waals surface area contributed by atoms with Crippen LogP contribution in [0, 0.1) is 0 Å². The fourth-order valence-electron chi connectivity index (χ4n) is 2.72. The van der Waals surface area contributed by atoms with E-state index in [0.717, 1.165) is 49.6 Å². The number of hydrogen-bond donors (Lipinski definition) is 0. The van der Waals surface area contributed by atoms with Gasteiger partial charge in [0.15, 0.2) is 0 Å². The molecule has 0 rings (SSSR count). The topological polar surface area (TPSA) is 46.2 Å². The predicted molar refractivity (Wildman–Crippen MR) is 119 cm³/mol. The summed E-state index contributed by atoms with van der Waals surface area (Å²) in [5, 5.41) is 0. The van der Waals surface area contributed by atoms with E-state index in [9.17, 15) is 0 Å². The molecule has 0 saturated heterocycles. The highest BCUT2D eigenvalue weighted by molar-refractivity contribution is 8.76. The molecule has 0 aromatic heterocycles. The molecule has 26 heavy (non-hydrogen) atoms. The lowest BCUT2D eigenvalue weighted by Gasteiger charge is -2.28. The fourth-order valence-corrected chi connectivity index (χ4v) is 10.4. The zero-order chi connectivity index (χ0) is 19.7. The summed E-state index contributed by atoms with van der Waals surface area (Å²) in [6.45, 7) is 15.7. The molecule has 0 amide bonds. The van der Waals surface area contributed by atoms with Crippen molar-refractivity contribution in [1.29, 1.82) is 0 Å². The minimum absolute atomic E-state index is 0.649. The van der Waals surface area contributed by atoms with Gasteiger partial charge in [0.2, 0.25) is 0 Å². The van der Waals surface area contributed by atoms with E-state index in [4.69, 9.17) is 22.1 Å². The third-order valence-corrected chi connectivity index (χ3v) is 12.4. The lowest BCUT2D eigenvalue weighted by atomic mass is 10.6. The van der Waals surface area contributed by atoms with Crippen molar-refractivity contribution in [2.24, 2.45) is 0 Å². The highest BCUT2D eigenvalue weighted by Gasteiger charge is 2.39. The fraction of sp³-hybridized carbons (Fsp3) is 1.00. The van der Waals surface area contributed by atoms with Gasteiger partial charge in [-0.1, -0.05) is 21.6 Å². The van der Waals surface area contributed by atoms with Crippen molar-refractivity contribution in [3.63, 3.8) is 0 Å². The second-order valence-electron chi connectivity index (χ2n) is 5.83. The standard InChI is InChI=1S/C17H40O5S2Si2/c1-7-18-25(6,19-8-2)16-12-14-23-24-15-13-17-26(20-9-3,21-10-4)22-11-5/h7-17H2,1-6H3. The molecule has 0 unspecified atom stereocenters. The Morgan fingerprint density at radius 3 is 1.35 bits per heavy atom. The van der Waals surface area contributed by atoms with E-state index in [1.807, 2.05) is 56.2 Å². The molecular weight excluding hydrogens is 404 g/mol. The molecular formula is C17H40O5S2Si2. The maximum Gasteiger partial charge on any atom is 0.500 e. The van der Waals surface area contributed by atoms with E-state index >= 15 is 0 Å². The quantitative estimate of drug-likeness (QED) is 0.151. The molecule has 0 fully saturated rings. The largest absolute Gasteiger partial charge is 0.500 e. The monoisotopic (exact) mass is 444 g/mol. The lowest BCUT2D eigenvalue weighted by molar-refractivity contribution is 0.0712.